The van der Waals surface area contributed by atoms with Gasteiger partial charge in [0, 0.05) is 40.8 Å². The Hall–Kier alpha value is -3.80. The summed E-state index contributed by atoms with van der Waals surface area (Å²) in [4.78, 5) is 32.0. The van der Waals surface area contributed by atoms with E-state index in [-0.39, 0.29) is 11.6 Å². The lowest BCUT2D eigenvalue weighted by molar-refractivity contribution is 0.0520. The van der Waals surface area contributed by atoms with Crippen LogP contribution in [0.3, 0.4) is 0 Å². The Morgan fingerprint density at radius 2 is 1.88 bits per heavy atom. The molecule has 4 rings (SSSR count). The Labute approximate surface area is 185 Å². The first-order chi connectivity index (χ1) is 15.4. The number of aryl methyl sites for hydroxylation is 2. The number of ether oxygens (including phenoxy) is 1. The normalized spacial score (nSPS) is 11.0. The second kappa shape index (κ2) is 9.14. The third-order valence-electron chi connectivity index (χ3n) is 5.37. The fourth-order valence-electron chi connectivity index (χ4n) is 3.65. The molecule has 0 atom stereocenters. The van der Waals surface area contributed by atoms with Gasteiger partial charge in [0.1, 0.15) is 11.5 Å². The Morgan fingerprint density at radius 1 is 1.03 bits per heavy atom. The topological polar surface area (TPSA) is 72.0 Å². The highest BCUT2D eigenvalue weighted by Crippen LogP contribution is 2.26. The molecule has 2 heterocycles. The zero-order chi connectivity index (χ0) is 22.7. The monoisotopic (exact) mass is 430 g/mol. The van der Waals surface area contributed by atoms with Crippen molar-refractivity contribution >= 4 is 22.7 Å². The van der Waals surface area contributed by atoms with E-state index in [0.29, 0.717) is 36.3 Å². The van der Waals surface area contributed by atoms with Crippen molar-refractivity contribution in [3.63, 3.8) is 0 Å². The molecule has 0 spiro atoms. The van der Waals surface area contributed by atoms with Crippen LogP contribution < -0.4 is 0 Å². The molecule has 1 N–H and O–H groups in total. The van der Waals surface area contributed by atoms with Gasteiger partial charge < -0.3 is 9.72 Å². The standard InChI is InChI=1S/C26H23FN2O3/c1-3-32-26(31)24-13-19-11-18(6-8-23(19)29-24)20-12-21(15-28-14-20)25(30)9-5-17-4-7-22(27)16(2)10-17/h4,6-8,10-15,29H,3,5,9H2,1-2H3. The summed E-state index contributed by atoms with van der Waals surface area (Å²) in [5, 5.41) is 0.869. The van der Waals surface area contributed by atoms with Gasteiger partial charge >= 0.3 is 5.97 Å². The molecule has 2 aromatic heterocycles. The van der Waals surface area contributed by atoms with Crippen LogP contribution in [0.1, 0.15) is 45.3 Å². The average molecular weight is 430 g/mol. The molecule has 0 unspecified atom stereocenters. The number of pyridine rings is 1. The molecule has 0 aliphatic heterocycles. The Morgan fingerprint density at radius 3 is 2.66 bits per heavy atom. The molecule has 0 aliphatic rings. The van der Waals surface area contributed by atoms with Crippen LogP contribution in [0, 0.1) is 12.7 Å². The van der Waals surface area contributed by atoms with E-state index in [1.54, 1.807) is 44.4 Å². The third kappa shape index (κ3) is 4.59. The molecule has 32 heavy (non-hydrogen) atoms. The van der Waals surface area contributed by atoms with Crippen molar-refractivity contribution in [3.8, 4) is 11.1 Å². The van der Waals surface area contributed by atoms with Gasteiger partial charge in [-0.05, 0) is 67.3 Å². The molecule has 5 nitrogen and oxygen atoms in total. The molecule has 0 aliphatic carbocycles. The second-order valence-electron chi connectivity index (χ2n) is 7.67. The van der Waals surface area contributed by atoms with Crippen LogP contribution in [0.4, 0.5) is 4.39 Å². The number of aromatic amines is 1. The third-order valence-corrected chi connectivity index (χ3v) is 5.37. The molecule has 0 saturated carbocycles. The fraction of sp³-hybridized carbons (Fsp3) is 0.192. The van der Waals surface area contributed by atoms with Crippen molar-refractivity contribution in [1.82, 2.24) is 9.97 Å². The van der Waals surface area contributed by atoms with Gasteiger partial charge in [-0.15, -0.1) is 0 Å². The van der Waals surface area contributed by atoms with Gasteiger partial charge in [0.2, 0.25) is 0 Å². The summed E-state index contributed by atoms with van der Waals surface area (Å²) in [6, 6.07) is 14.2. The van der Waals surface area contributed by atoms with Gasteiger partial charge in [-0.1, -0.05) is 18.2 Å². The molecule has 0 amide bonds. The molecule has 162 valence electrons. The Balaban J connectivity index is 1.52. The first-order valence-electron chi connectivity index (χ1n) is 10.5. The van der Waals surface area contributed by atoms with Crippen LogP contribution in [0.15, 0.2) is 60.9 Å². The van der Waals surface area contributed by atoms with Gasteiger partial charge in [0.05, 0.1) is 6.61 Å². The number of hydrogen-bond acceptors (Lipinski definition) is 4. The molecular weight excluding hydrogens is 407 g/mol. The van der Waals surface area contributed by atoms with E-state index in [2.05, 4.69) is 9.97 Å². The average Bonchev–Trinajstić information content (AvgIpc) is 3.23. The maximum absolute atomic E-state index is 13.4. The molecular formula is C26H23FN2O3. The maximum Gasteiger partial charge on any atom is 0.354 e. The van der Waals surface area contributed by atoms with Gasteiger partial charge in [-0.25, -0.2) is 9.18 Å². The molecule has 0 fully saturated rings. The highest BCUT2D eigenvalue weighted by Gasteiger charge is 2.13. The molecule has 0 radical (unpaired) electrons. The minimum absolute atomic E-state index is 0.0198. The maximum atomic E-state index is 13.4. The lowest BCUT2D eigenvalue weighted by Crippen LogP contribution is -2.04. The molecule has 2 aromatic carbocycles. The van der Waals surface area contributed by atoms with E-state index in [1.165, 1.54) is 6.07 Å². The number of rotatable bonds is 7. The summed E-state index contributed by atoms with van der Waals surface area (Å²) in [6.07, 6.45) is 4.13. The minimum Gasteiger partial charge on any atom is -0.461 e. The fourth-order valence-corrected chi connectivity index (χ4v) is 3.65. The summed E-state index contributed by atoms with van der Waals surface area (Å²) in [5.74, 6) is -0.657. The van der Waals surface area contributed by atoms with Gasteiger partial charge in [-0.2, -0.15) is 0 Å². The van der Waals surface area contributed by atoms with Crippen molar-refractivity contribution in [2.24, 2.45) is 0 Å². The number of nitrogens with zero attached hydrogens (tertiary/aromatic N) is 1. The number of hydrogen-bond donors (Lipinski definition) is 1. The van der Waals surface area contributed by atoms with Gasteiger partial charge in [0.15, 0.2) is 5.78 Å². The minimum atomic E-state index is -0.393. The highest BCUT2D eigenvalue weighted by atomic mass is 19.1. The highest BCUT2D eigenvalue weighted by molar-refractivity contribution is 5.98. The van der Waals surface area contributed by atoms with Crippen molar-refractivity contribution < 1.29 is 18.7 Å². The Bertz CT molecular complexity index is 1310. The summed E-state index contributed by atoms with van der Waals surface area (Å²) in [7, 11) is 0. The number of H-pyrrole nitrogens is 1. The number of aromatic nitrogens is 2. The zero-order valence-electron chi connectivity index (χ0n) is 17.9. The SMILES string of the molecule is CCOC(=O)c1cc2cc(-c3cncc(C(=O)CCc4ccc(F)c(C)c4)c3)ccc2[nH]1. The predicted molar refractivity (Wildman–Crippen MR) is 121 cm³/mol. The van der Waals surface area contributed by atoms with E-state index in [4.69, 9.17) is 4.74 Å². The van der Waals surface area contributed by atoms with Crippen LogP contribution in [0.2, 0.25) is 0 Å². The number of fused-ring (bicyclic) bond motifs is 1. The molecule has 0 bridgehead atoms. The second-order valence-corrected chi connectivity index (χ2v) is 7.67. The predicted octanol–water partition coefficient (Wildman–Crippen LogP) is 5.67. The van der Waals surface area contributed by atoms with E-state index in [9.17, 15) is 14.0 Å². The van der Waals surface area contributed by atoms with Crippen molar-refractivity contribution in [1.29, 1.82) is 0 Å². The number of benzene rings is 2. The van der Waals surface area contributed by atoms with Crippen molar-refractivity contribution in [2.75, 3.05) is 6.61 Å². The van der Waals surface area contributed by atoms with Crippen LogP contribution in [0.5, 0.6) is 0 Å². The first kappa shape index (κ1) is 21.4. The van der Waals surface area contributed by atoms with Crippen LogP contribution in [-0.2, 0) is 11.2 Å². The number of Topliss-reactive ketones (excluding diaryl/α,β-unsaturated/α-hetero) is 1. The number of ketones is 1. The van der Waals surface area contributed by atoms with Crippen molar-refractivity contribution in [2.45, 2.75) is 26.7 Å². The van der Waals surface area contributed by atoms with Gasteiger partial charge in [-0.3, -0.25) is 9.78 Å². The van der Waals surface area contributed by atoms with E-state index in [1.807, 2.05) is 24.3 Å². The first-order valence-corrected chi connectivity index (χ1v) is 10.5. The molecule has 4 aromatic rings. The van der Waals surface area contributed by atoms with E-state index >= 15 is 0 Å². The number of carbonyl (C=O) groups is 2. The van der Waals surface area contributed by atoms with Crippen LogP contribution >= 0.6 is 0 Å². The van der Waals surface area contributed by atoms with Crippen LogP contribution in [-0.4, -0.2) is 28.3 Å². The summed E-state index contributed by atoms with van der Waals surface area (Å²) in [6.45, 7) is 3.79. The van der Waals surface area contributed by atoms with Crippen LogP contribution in [0.25, 0.3) is 22.0 Å². The van der Waals surface area contributed by atoms with Gasteiger partial charge in [0.25, 0.3) is 0 Å². The molecule has 0 saturated heterocycles. The van der Waals surface area contributed by atoms with E-state index in [0.717, 1.165) is 27.6 Å². The zero-order valence-corrected chi connectivity index (χ0v) is 17.9. The smallest absolute Gasteiger partial charge is 0.354 e. The lowest BCUT2D eigenvalue weighted by Gasteiger charge is -2.06. The number of halogens is 1. The summed E-state index contributed by atoms with van der Waals surface area (Å²) in [5.41, 5.74) is 4.96. The summed E-state index contributed by atoms with van der Waals surface area (Å²) < 4.78 is 18.5. The molecule has 6 heteroatoms. The lowest BCUT2D eigenvalue weighted by atomic mass is 9.99. The largest absolute Gasteiger partial charge is 0.461 e. The Kier molecular flexibility index (Phi) is 6.12. The summed E-state index contributed by atoms with van der Waals surface area (Å²) >= 11 is 0. The number of esters is 1. The number of nitrogens with one attached hydrogen (secondary N) is 1. The quantitative estimate of drug-likeness (QED) is 0.303. The van der Waals surface area contributed by atoms with Crippen molar-refractivity contribution in [3.05, 3.63) is 89.1 Å². The van der Waals surface area contributed by atoms with E-state index < -0.39 is 5.97 Å². The number of carbonyl (C=O) groups excluding carboxylic acids is 2.